The third-order valence-electron chi connectivity index (χ3n) is 8.60. The van der Waals surface area contributed by atoms with Crippen LogP contribution < -0.4 is 20.7 Å². The number of carbonyl (C=O) groups excluding carboxylic acids is 3. The quantitative estimate of drug-likeness (QED) is 0.397. The van der Waals surface area contributed by atoms with Crippen LogP contribution in [0, 0.1) is 5.92 Å². The second-order valence-corrected chi connectivity index (χ2v) is 11.9. The molecule has 1 heterocycles. The molecule has 2 fully saturated rings. The lowest BCUT2D eigenvalue weighted by molar-refractivity contribution is 0.0366. The summed E-state index contributed by atoms with van der Waals surface area (Å²) in [7, 11) is 1.77. The normalized spacial score (nSPS) is 23.2. The van der Waals surface area contributed by atoms with Crippen molar-refractivity contribution in [3.8, 4) is 5.75 Å². The van der Waals surface area contributed by atoms with Crippen molar-refractivity contribution in [1.82, 2.24) is 20.4 Å². The number of rotatable bonds is 7. The summed E-state index contributed by atoms with van der Waals surface area (Å²) in [6.45, 7) is 4.34. The molecule has 2 aliphatic carbocycles. The number of amides is 5. The molecule has 1 aromatic carbocycles. The minimum Gasteiger partial charge on any atom is -0.487 e. The number of ether oxygens (including phenoxy) is 1. The molecule has 0 aromatic heterocycles. The molecule has 222 valence electrons. The van der Waals surface area contributed by atoms with Gasteiger partial charge in [-0.15, -0.1) is 0 Å². The monoisotopic (exact) mass is 557 g/mol. The molecule has 3 atom stereocenters. The van der Waals surface area contributed by atoms with Crippen LogP contribution in [0.1, 0.15) is 88.4 Å². The van der Waals surface area contributed by atoms with Crippen molar-refractivity contribution in [3.05, 3.63) is 23.8 Å². The Hall–Kier alpha value is -3.01. The Morgan fingerprint density at radius 1 is 1.05 bits per heavy atom. The van der Waals surface area contributed by atoms with Crippen molar-refractivity contribution in [1.29, 1.82) is 0 Å². The molecule has 40 heavy (non-hydrogen) atoms. The number of likely N-dealkylation sites (N-methyl/N-ethyl adjacent to an activating group) is 1. The lowest BCUT2D eigenvalue weighted by Crippen LogP contribution is -2.52. The van der Waals surface area contributed by atoms with Gasteiger partial charge >= 0.3 is 12.1 Å². The molecule has 2 saturated carbocycles. The van der Waals surface area contributed by atoms with Crippen LogP contribution in [0.25, 0.3) is 0 Å². The number of hydrogen-bond donors (Lipinski definition) is 4. The van der Waals surface area contributed by atoms with Crippen molar-refractivity contribution < 1.29 is 24.2 Å². The molecule has 3 aliphatic rings. The van der Waals surface area contributed by atoms with E-state index in [9.17, 15) is 19.5 Å². The number of nitrogens with zero attached hydrogens (tertiary/aromatic N) is 2. The highest BCUT2D eigenvalue weighted by Gasteiger charge is 2.34. The summed E-state index contributed by atoms with van der Waals surface area (Å²) in [5.74, 6) is 0.0349. The minimum atomic E-state index is -0.403. The van der Waals surface area contributed by atoms with Crippen molar-refractivity contribution in [2.75, 3.05) is 32.1 Å². The smallest absolute Gasteiger partial charge is 0.319 e. The largest absolute Gasteiger partial charge is 0.487 e. The van der Waals surface area contributed by atoms with Gasteiger partial charge < -0.3 is 35.6 Å². The van der Waals surface area contributed by atoms with E-state index in [4.69, 9.17) is 4.74 Å². The first-order valence-electron chi connectivity index (χ1n) is 15.1. The van der Waals surface area contributed by atoms with E-state index in [2.05, 4.69) is 16.0 Å². The van der Waals surface area contributed by atoms with Crippen LogP contribution in [0.5, 0.6) is 5.75 Å². The van der Waals surface area contributed by atoms with Crippen LogP contribution in [-0.2, 0) is 0 Å². The lowest BCUT2D eigenvalue weighted by Gasteiger charge is -2.38. The van der Waals surface area contributed by atoms with Gasteiger partial charge in [0.2, 0.25) is 0 Å². The molecule has 1 aromatic rings. The van der Waals surface area contributed by atoms with Crippen molar-refractivity contribution in [3.63, 3.8) is 0 Å². The van der Waals surface area contributed by atoms with E-state index in [1.807, 2.05) is 13.8 Å². The number of anilines is 1. The second kappa shape index (κ2) is 14.1. The van der Waals surface area contributed by atoms with Gasteiger partial charge in [0.05, 0.1) is 24.8 Å². The Labute approximate surface area is 238 Å². The van der Waals surface area contributed by atoms with Gasteiger partial charge in [-0.3, -0.25) is 4.79 Å². The van der Waals surface area contributed by atoms with Crippen molar-refractivity contribution in [2.24, 2.45) is 5.92 Å². The molecule has 0 spiro atoms. The summed E-state index contributed by atoms with van der Waals surface area (Å²) >= 11 is 0. The summed E-state index contributed by atoms with van der Waals surface area (Å²) in [6.07, 6.45) is 10.5. The fourth-order valence-electron chi connectivity index (χ4n) is 6.00. The summed E-state index contributed by atoms with van der Waals surface area (Å²) < 4.78 is 6.41. The molecule has 0 unspecified atom stereocenters. The van der Waals surface area contributed by atoms with Gasteiger partial charge in [0.25, 0.3) is 5.91 Å². The van der Waals surface area contributed by atoms with Gasteiger partial charge in [-0.1, -0.05) is 45.4 Å². The number of nitrogens with one attached hydrogen (secondary N) is 3. The third kappa shape index (κ3) is 7.80. The summed E-state index contributed by atoms with van der Waals surface area (Å²) in [5.41, 5.74) is 0.816. The van der Waals surface area contributed by atoms with Gasteiger partial charge in [-0.2, -0.15) is 0 Å². The highest BCUT2D eigenvalue weighted by Crippen LogP contribution is 2.31. The maximum Gasteiger partial charge on any atom is 0.319 e. The average molecular weight is 558 g/mol. The molecule has 4 rings (SSSR count). The molecule has 10 nitrogen and oxygen atoms in total. The van der Waals surface area contributed by atoms with Crippen molar-refractivity contribution in [2.45, 2.75) is 102 Å². The number of carbonyl (C=O) groups is 3. The Bertz CT molecular complexity index is 1020. The highest BCUT2D eigenvalue weighted by atomic mass is 16.5. The summed E-state index contributed by atoms with van der Waals surface area (Å²) in [4.78, 5) is 42.6. The topological polar surface area (TPSA) is 123 Å². The van der Waals surface area contributed by atoms with E-state index in [0.29, 0.717) is 30.1 Å². The zero-order chi connectivity index (χ0) is 28.6. The maximum atomic E-state index is 13.7. The summed E-state index contributed by atoms with van der Waals surface area (Å²) in [6, 6.07) is 4.64. The second-order valence-electron chi connectivity index (χ2n) is 11.9. The number of urea groups is 2. The fourth-order valence-corrected chi connectivity index (χ4v) is 6.00. The SMILES string of the molecule is C[C@H](CO)N1C[C@H](C)[C@H](CN(C)C(=O)NC2CCCCC2)Oc2ccc(NC(=O)NC3CCCCC3)cc2C1=O. The van der Waals surface area contributed by atoms with E-state index >= 15 is 0 Å². The number of hydrogen-bond acceptors (Lipinski definition) is 5. The Balaban J connectivity index is 1.50. The molecule has 5 amide bonds. The number of benzene rings is 1. The van der Waals surface area contributed by atoms with E-state index in [0.717, 1.165) is 51.4 Å². The Morgan fingerprint density at radius 2 is 1.68 bits per heavy atom. The first kappa shape index (κ1) is 30.0. The van der Waals surface area contributed by atoms with E-state index in [1.165, 1.54) is 12.8 Å². The van der Waals surface area contributed by atoms with Crippen LogP contribution in [0.2, 0.25) is 0 Å². The predicted octanol–water partition coefficient (Wildman–Crippen LogP) is 4.34. The van der Waals surface area contributed by atoms with Gasteiger partial charge in [0, 0.05) is 37.3 Å². The number of fused-ring (bicyclic) bond motifs is 1. The highest BCUT2D eigenvalue weighted by molar-refractivity contribution is 5.99. The molecular weight excluding hydrogens is 510 g/mol. The zero-order valence-electron chi connectivity index (χ0n) is 24.3. The predicted molar refractivity (Wildman–Crippen MR) is 155 cm³/mol. The van der Waals surface area contributed by atoms with Gasteiger partial charge in [0.15, 0.2) is 0 Å². The first-order valence-corrected chi connectivity index (χ1v) is 15.1. The average Bonchev–Trinajstić information content (AvgIpc) is 2.95. The van der Waals surface area contributed by atoms with Crippen LogP contribution >= 0.6 is 0 Å². The van der Waals surface area contributed by atoms with Crippen LogP contribution in [0.15, 0.2) is 18.2 Å². The molecule has 4 N–H and O–H groups in total. The van der Waals surface area contributed by atoms with E-state index < -0.39 is 6.04 Å². The number of aliphatic hydroxyl groups is 1. The Kier molecular flexibility index (Phi) is 10.5. The number of aliphatic hydroxyl groups excluding tert-OH is 1. The van der Waals surface area contributed by atoms with E-state index in [-0.39, 0.29) is 48.7 Å². The third-order valence-corrected chi connectivity index (χ3v) is 8.60. The standard InChI is InChI=1S/C30H47N5O5/c1-20-17-35(21(2)19-36)28(37)25-16-24(32-29(38)31-22-10-6-4-7-11-22)14-15-26(25)40-27(20)18-34(3)30(39)33-23-12-8-5-9-13-23/h14-16,20-23,27,36H,4-13,17-19H2,1-3H3,(H,33,39)(H2,31,32,38)/t20-,21+,27-/m0/s1. The summed E-state index contributed by atoms with van der Waals surface area (Å²) in [5, 5.41) is 19.0. The molecule has 1 aliphatic heterocycles. The zero-order valence-corrected chi connectivity index (χ0v) is 24.3. The van der Waals surface area contributed by atoms with Crippen LogP contribution in [-0.4, -0.2) is 83.8 Å². The Morgan fingerprint density at radius 3 is 2.30 bits per heavy atom. The fraction of sp³-hybridized carbons (Fsp3) is 0.700. The van der Waals surface area contributed by atoms with Gasteiger partial charge in [-0.25, -0.2) is 9.59 Å². The van der Waals surface area contributed by atoms with Crippen LogP contribution in [0.4, 0.5) is 15.3 Å². The van der Waals surface area contributed by atoms with Crippen molar-refractivity contribution >= 4 is 23.7 Å². The van der Waals surface area contributed by atoms with Crippen LogP contribution in [0.3, 0.4) is 0 Å². The van der Waals surface area contributed by atoms with E-state index in [1.54, 1.807) is 35.0 Å². The molecule has 0 bridgehead atoms. The molecule has 10 heteroatoms. The molecular formula is C30H47N5O5. The first-order chi connectivity index (χ1) is 19.2. The minimum absolute atomic E-state index is 0.102. The van der Waals surface area contributed by atoms with Gasteiger partial charge in [0.1, 0.15) is 11.9 Å². The molecule has 0 saturated heterocycles. The maximum absolute atomic E-state index is 13.7. The lowest BCUT2D eigenvalue weighted by atomic mass is 9.96. The molecule has 0 radical (unpaired) electrons. The van der Waals surface area contributed by atoms with Gasteiger partial charge in [-0.05, 0) is 50.8 Å².